The van der Waals surface area contributed by atoms with Gasteiger partial charge in [-0.25, -0.2) is 4.68 Å². The summed E-state index contributed by atoms with van der Waals surface area (Å²) in [7, 11) is 0. The average molecular weight is 315 g/mol. The predicted octanol–water partition coefficient (Wildman–Crippen LogP) is 2.46. The molecule has 0 aliphatic rings. The lowest BCUT2D eigenvalue weighted by Gasteiger charge is -2.05. The van der Waals surface area contributed by atoms with E-state index in [0.29, 0.717) is 10.8 Å². The van der Waals surface area contributed by atoms with Gasteiger partial charge in [0.15, 0.2) is 0 Å². The minimum absolute atomic E-state index is 0.186. The minimum atomic E-state index is -0.336. The number of nitrogens with zero attached hydrogens (tertiary/aromatic N) is 4. The maximum atomic E-state index is 11.9. The van der Waals surface area contributed by atoms with Crippen molar-refractivity contribution in [2.24, 2.45) is 0 Å². The molecule has 22 heavy (non-hydrogen) atoms. The molecule has 0 fully saturated rings. The Morgan fingerprint density at radius 1 is 1.09 bits per heavy atom. The highest BCUT2D eigenvalue weighted by molar-refractivity contribution is 6.30. The summed E-state index contributed by atoms with van der Waals surface area (Å²) in [6.45, 7) is 0. The zero-order chi connectivity index (χ0) is 15.4. The lowest BCUT2D eigenvalue weighted by atomic mass is 10.1. The first-order valence-electron chi connectivity index (χ1n) is 6.49. The highest BCUT2D eigenvalue weighted by atomic mass is 35.5. The van der Waals surface area contributed by atoms with E-state index in [4.69, 9.17) is 16.3 Å². The second-order valence-corrected chi connectivity index (χ2v) is 4.96. The Morgan fingerprint density at radius 3 is 2.45 bits per heavy atom. The van der Waals surface area contributed by atoms with Crippen LogP contribution in [-0.2, 0) is 11.2 Å². The van der Waals surface area contributed by atoms with E-state index in [1.807, 2.05) is 0 Å². The van der Waals surface area contributed by atoms with Crippen LogP contribution < -0.4 is 4.74 Å². The number of carbonyl (C=O) groups excluding carboxylic acids is 1. The first kappa shape index (κ1) is 14.2. The van der Waals surface area contributed by atoms with Gasteiger partial charge in [0.2, 0.25) is 0 Å². The molecular weight excluding hydrogens is 304 g/mol. The number of hydrogen-bond acceptors (Lipinski definition) is 5. The summed E-state index contributed by atoms with van der Waals surface area (Å²) in [5.41, 5.74) is 1.63. The van der Waals surface area contributed by atoms with Gasteiger partial charge in [0.05, 0.1) is 12.1 Å². The van der Waals surface area contributed by atoms with E-state index in [-0.39, 0.29) is 12.4 Å². The van der Waals surface area contributed by atoms with Gasteiger partial charge in [-0.05, 0) is 52.4 Å². The number of aromatic nitrogens is 4. The quantitative estimate of drug-likeness (QED) is 0.546. The fraction of sp³-hybridized carbons (Fsp3) is 0.0667. The van der Waals surface area contributed by atoms with E-state index in [2.05, 4.69) is 15.5 Å². The molecule has 1 heterocycles. The topological polar surface area (TPSA) is 69.9 Å². The van der Waals surface area contributed by atoms with Gasteiger partial charge in [-0.1, -0.05) is 23.7 Å². The number of hydrogen-bond donors (Lipinski definition) is 0. The average Bonchev–Trinajstić information content (AvgIpc) is 3.05. The SMILES string of the molecule is O=C(Cc1ccc(Cl)cc1)Oc1ccc(-n2cnnn2)cc1. The van der Waals surface area contributed by atoms with Gasteiger partial charge in [-0.15, -0.1) is 5.10 Å². The number of halogens is 1. The third-order valence-electron chi connectivity index (χ3n) is 2.94. The monoisotopic (exact) mass is 314 g/mol. The highest BCUT2D eigenvalue weighted by Gasteiger charge is 2.07. The zero-order valence-electron chi connectivity index (χ0n) is 11.4. The summed E-state index contributed by atoms with van der Waals surface area (Å²) in [6, 6.07) is 14.0. The molecule has 0 atom stereocenters. The number of esters is 1. The van der Waals surface area contributed by atoms with Crippen molar-refractivity contribution in [3.05, 3.63) is 65.4 Å². The Balaban J connectivity index is 1.63. The summed E-state index contributed by atoms with van der Waals surface area (Å²) in [5.74, 6) is 0.133. The van der Waals surface area contributed by atoms with Crippen LogP contribution in [0.3, 0.4) is 0 Å². The molecule has 3 aromatic rings. The number of tetrazole rings is 1. The number of rotatable bonds is 4. The number of carbonyl (C=O) groups is 1. The van der Waals surface area contributed by atoms with Gasteiger partial charge in [-0.2, -0.15) is 0 Å². The van der Waals surface area contributed by atoms with Gasteiger partial charge in [0.25, 0.3) is 0 Å². The van der Waals surface area contributed by atoms with Crippen molar-refractivity contribution in [2.45, 2.75) is 6.42 Å². The lowest BCUT2D eigenvalue weighted by molar-refractivity contribution is -0.133. The Kier molecular flexibility index (Phi) is 4.11. The molecule has 7 heteroatoms. The molecular formula is C15H11ClN4O2. The largest absolute Gasteiger partial charge is 0.426 e. The van der Waals surface area contributed by atoms with Crippen LogP contribution in [0.2, 0.25) is 5.02 Å². The third-order valence-corrected chi connectivity index (χ3v) is 3.20. The fourth-order valence-corrected chi connectivity index (χ4v) is 2.01. The van der Waals surface area contributed by atoms with Crippen LogP contribution in [0.25, 0.3) is 5.69 Å². The summed E-state index contributed by atoms with van der Waals surface area (Å²) in [4.78, 5) is 11.9. The lowest BCUT2D eigenvalue weighted by Crippen LogP contribution is -2.11. The molecule has 3 rings (SSSR count). The maximum Gasteiger partial charge on any atom is 0.315 e. The van der Waals surface area contributed by atoms with Gasteiger partial charge in [0, 0.05) is 5.02 Å². The molecule has 0 unspecified atom stereocenters. The normalized spacial score (nSPS) is 10.4. The van der Waals surface area contributed by atoms with Crippen molar-refractivity contribution < 1.29 is 9.53 Å². The molecule has 0 N–H and O–H groups in total. The second-order valence-electron chi connectivity index (χ2n) is 4.53. The molecule has 1 aromatic heterocycles. The molecule has 0 spiro atoms. The summed E-state index contributed by atoms with van der Waals surface area (Å²) >= 11 is 5.80. The summed E-state index contributed by atoms with van der Waals surface area (Å²) in [6.07, 6.45) is 1.67. The van der Waals surface area contributed by atoms with Crippen molar-refractivity contribution in [1.82, 2.24) is 20.2 Å². The first-order chi connectivity index (χ1) is 10.7. The summed E-state index contributed by atoms with van der Waals surface area (Å²) in [5, 5.41) is 11.5. The van der Waals surface area contributed by atoms with E-state index >= 15 is 0 Å². The molecule has 0 aliphatic carbocycles. The molecule has 110 valence electrons. The minimum Gasteiger partial charge on any atom is -0.426 e. The molecule has 0 saturated heterocycles. The van der Waals surface area contributed by atoms with E-state index in [1.54, 1.807) is 48.5 Å². The van der Waals surface area contributed by atoms with Gasteiger partial charge < -0.3 is 4.74 Å². The molecule has 6 nitrogen and oxygen atoms in total. The Labute approximate surface area is 131 Å². The Hall–Kier alpha value is -2.73. The van der Waals surface area contributed by atoms with Crippen LogP contribution in [0.1, 0.15) is 5.56 Å². The second kappa shape index (κ2) is 6.36. The van der Waals surface area contributed by atoms with Crippen LogP contribution >= 0.6 is 11.6 Å². The van der Waals surface area contributed by atoms with Gasteiger partial charge >= 0.3 is 5.97 Å². The Morgan fingerprint density at radius 2 is 1.82 bits per heavy atom. The molecule has 0 saturated carbocycles. The maximum absolute atomic E-state index is 11.9. The van der Waals surface area contributed by atoms with Crippen LogP contribution in [0, 0.1) is 0 Å². The number of ether oxygens (including phenoxy) is 1. The third kappa shape index (κ3) is 3.48. The standard InChI is InChI=1S/C15H11ClN4O2/c16-12-3-1-11(2-4-12)9-15(21)22-14-7-5-13(6-8-14)20-10-17-18-19-20/h1-8,10H,9H2. The number of benzene rings is 2. The van der Waals surface area contributed by atoms with E-state index in [0.717, 1.165) is 11.3 Å². The molecule has 0 bridgehead atoms. The molecule has 0 radical (unpaired) electrons. The smallest absolute Gasteiger partial charge is 0.315 e. The van der Waals surface area contributed by atoms with Crippen molar-refractivity contribution in [3.63, 3.8) is 0 Å². The van der Waals surface area contributed by atoms with Gasteiger partial charge in [-0.3, -0.25) is 4.79 Å². The molecule has 0 aliphatic heterocycles. The van der Waals surface area contributed by atoms with Gasteiger partial charge in [0.1, 0.15) is 12.1 Å². The van der Waals surface area contributed by atoms with Crippen molar-refractivity contribution in [1.29, 1.82) is 0 Å². The van der Waals surface area contributed by atoms with Crippen molar-refractivity contribution >= 4 is 17.6 Å². The zero-order valence-corrected chi connectivity index (χ0v) is 12.1. The van der Waals surface area contributed by atoms with Crippen molar-refractivity contribution in [3.8, 4) is 11.4 Å². The fourth-order valence-electron chi connectivity index (χ4n) is 1.88. The highest BCUT2D eigenvalue weighted by Crippen LogP contribution is 2.16. The first-order valence-corrected chi connectivity index (χ1v) is 6.87. The van der Waals surface area contributed by atoms with E-state index in [9.17, 15) is 4.79 Å². The molecule has 0 amide bonds. The Bertz CT molecular complexity index is 755. The van der Waals surface area contributed by atoms with Crippen LogP contribution in [-0.4, -0.2) is 26.2 Å². The van der Waals surface area contributed by atoms with Crippen LogP contribution in [0.15, 0.2) is 54.9 Å². The van der Waals surface area contributed by atoms with E-state index in [1.165, 1.54) is 11.0 Å². The predicted molar refractivity (Wildman–Crippen MR) is 79.9 cm³/mol. The van der Waals surface area contributed by atoms with Crippen molar-refractivity contribution in [2.75, 3.05) is 0 Å². The van der Waals surface area contributed by atoms with E-state index < -0.39 is 0 Å². The van der Waals surface area contributed by atoms with Crippen LogP contribution in [0.5, 0.6) is 5.75 Å². The molecule has 2 aromatic carbocycles. The van der Waals surface area contributed by atoms with Crippen LogP contribution in [0.4, 0.5) is 0 Å². The summed E-state index contributed by atoms with van der Waals surface area (Å²) < 4.78 is 6.80.